The molecule has 2 aromatic heterocycles. The molecule has 78 valence electrons. The number of hydrogen-bond donors (Lipinski definition) is 1. The fourth-order valence-electron chi connectivity index (χ4n) is 1.49. The minimum atomic E-state index is -0.464. The Labute approximate surface area is 83.4 Å². The second-order valence-electron chi connectivity index (χ2n) is 3.29. The first-order chi connectivity index (χ1) is 7.02. The van der Waals surface area contributed by atoms with Gasteiger partial charge in [0.1, 0.15) is 5.65 Å². The normalized spacial score (nSPS) is 10.8. The Morgan fingerprint density at radius 1 is 1.07 bits per heavy atom. The van der Waals surface area contributed by atoms with Crippen LogP contribution >= 0.6 is 0 Å². The fraction of sp³-hybridized carbons (Fsp3) is 0.222. The van der Waals surface area contributed by atoms with Gasteiger partial charge in [0.05, 0.1) is 5.39 Å². The second kappa shape index (κ2) is 2.94. The summed E-state index contributed by atoms with van der Waals surface area (Å²) >= 11 is 0. The van der Waals surface area contributed by atoms with Crippen molar-refractivity contribution in [3.8, 4) is 0 Å². The molecule has 0 aliphatic rings. The molecule has 0 aliphatic carbocycles. The Hall–Kier alpha value is -2.11. The highest BCUT2D eigenvalue weighted by molar-refractivity contribution is 5.73. The second-order valence-corrected chi connectivity index (χ2v) is 3.29. The first-order valence-corrected chi connectivity index (χ1v) is 4.31. The van der Waals surface area contributed by atoms with Crippen molar-refractivity contribution in [1.29, 1.82) is 0 Å². The van der Waals surface area contributed by atoms with Gasteiger partial charge in [0.2, 0.25) is 5.56 Å². The molecule has 0 atom stereocenters. The number of hydrogen-bond acceptors (Lipinski definition) is 3. The molecule has 0 saturated carbocycles. The minimum absolute atomic E-state index is 0.246. The summed E-state index contributed by atoms with van der Waals surface area (Å²) in [6.07, 6.45) is 0. The Kier molecular flexibility index (Phi) is 1.85. The lowest BCUT2D eigenvalue weighted by Crippen LogP contribution is -2.37. The predicted molar refractivity (Wildman–Crippen MR) is 55.1 cm³/mol. The van der Waals surface area contributed by atoms with Crippen LogP contribution in [0.3, 0.4) is 0 Å². The zero-order valence-corrected chi connectivity index (χ0v) is 8.27. The van der Waals surface area contributed by atoms with E-state index in [1.54, 1.807) is 0 Å². The number of pyridine rings is 1. The molecule has 2 rings (SSSR count). The summed E-state index contributed by atoms with van der Waals surface area (Å²) in [4.78, 5) is 36.7. The Morgan fingerprint density at radius 3 is 2.40 bits per heavy atom. The van der Waals surface area contributed by atoms with Crippen molar-refractivity contribution >= 4 is 11.0 Å². The molecule has 6 heteroatoms. The molecule has 0 aliphatic heterocycles. The van der Waals surface area contributed by atoms with E-state index < -0.39 is 11.2 Å². The molecule has 2 heterocycles. The number of nitrogens with zero attached hydrogens (tertiary/aromatic N) is 2. The van der Waals surface area contributed by atoms with Gasteiger partial charge in [-0.25, -0.2) is 4.79 Å². The van der Waals surface area contributed by atoms with Crippen molar-refractivity contribution in [2.24, 2.45) is 14.1 Å². The van der Waals surface area contributed by atoms with E-state index in [-0.39, 0.29) is 11.2 Å². The minimum Gasteiger partial charge on any atom is -0.308 e. The van der Waals surface area contributed by atoms with Gasteiger partial charge in [0.15, 0.2) is 0 Å². The van der Waals surface area contributed by atoms with Gasteiger partial charge in [0.25, 0.3) is 5.56 Å². The van der Waals surface area contributed by atoms with Crippen LogP contribution in [0.1, 0.15) is 0 Å². The standard InChI is InChI=1S/C9H9N3O3/c1-11-7-5(3-4-6(13)10-7)8(14)12(2)9(11)15/h3-4H,1-2H3,(H,10,13). The average Bonchev–Trinajstić information content (AvgIpc) is 2.23. The van der Waals surface area contributed by atoms with E-state index >= 15 is 0 Å². The van der Waals surface area contributed by atoms with E-state index in [4.69, 9.17) is 0 Å². The number of aryl methyl sites for hydroxylation is 1. The zero-order valence-electron chi connectivity index (χ0n) is 8.27. The Balaban J connectivity index is 3.22. The maximum atomic E-state index is 11.6. The van der Waals surface area contributed by atoms with E-state index in [0.717, 1.165) is 4.57 Å². The molecule has 0 saturated heterocycles. The van der Waals surface area contributed by atoms with Crippen LogP contribution in [0, 0.1) is 0 Å². The number of nitrogens with one attached hydrogen (secondary N) is 1. The number of aromatic nitrogens is 3. The van der Waals surface area contributed by atoms with Crippen LogP contribution in [-0.4, -0.2) is 14.1 Å². The van der Waals surface area contributed by atoms with Crippen molar-refractivity contribution in [2.75, 3.05) is 0 Å². The average molecular weight is 207 g/mol. The van der Waals surface area contributed by atoms with Gasteiger partial charge >= 0.3 is 5.69 Å². The lowest BCUT2D eigenvalue weighted by Gasteiger charge is -2.05. The van der Waals surface area contributed by atoms with E-state index in [2.05, 4.69) is 4.98 Å². The summed E-state index contributed by atoms with van der Waals surface area (Å²) in [5, 5.41) is 0.319. The fourth-order valence-corrected chi connectivity index (χ4v) is 1.49. The quantitative estimate of drug-likeness (QED) is 0.597. The van der Waals surface area contributed by atoms with Gasteiger partial charge < -0.3 is 4.98 Å². The molecule has 2 aromatic rings. The van der Waals surface area contributed by atoms with Crippen LogP contribution in [0.4, 0.5) is 0 Å². The van der Waals surface area contributed by atoms with Crippen LogP contribution in [0.15, 0.2) is 26.5 Å². The topological polar surface area (TPSA) is 76.9 Å². The summed E-state index contributed by atoms with van der Waals surface area (Å²) < 4.78 is 2.23. The molecule has 0 bridgehead atoms. The maximum Gasteiger partial charge on any atom is 0.332 e. The molecule has 1 N–H and O–H groups in total. The maximum absolute atomic E-state index is 11.6. The number of aromatic amines is 1. The third-order valence-corrected chi connectivity index (χ3v) is 2.34. The van der Waals surface area contributed by atoms with Gasteiger partial charge in [-0.05, 0) is 6.07 Å². The SMILES string of the molecule is Cn1c(=O)c2ccc(=O)[nH]c2n(C)c1=O. The molecule has 0 unspecified atom stereocenters. The molecular formula is C9H9N3O3. The molecule has 0 spiro atoms. The molecular weight excluding hydrogens is 198 g/mol. The zero-order chi connectivity index (χ0) is 11.2. The van der Waals surface area contributed by atoms with Crippen molar-refractivity contribution in [2.45, 2.75) is 0 Å². The molecule has 6 nitrogen and oxygen atoms in total. The van der Waals surface area contributed by atoms with Crippen molar-refractivity contribution in [1.82, 2.24) is 14.1 Å². The lowest BCUT2D eigenvalue weighted by atomic mass is 10.3. The largest absolute Gasteiger partial charge is 0.332 e. The summed E-state index contributed by atoms with van der Waals surface area (Å²) in [5.74, 6) is 0. The first-order valence-electron chi connectivity index (χ1n) is 4.31. The Bertz CT molecular complexity index is 705. The summed E-state index contributed by atoms with van der Waals surface area (Å²) in [7, 11) is 2.90. The van der Waals surface area contributed by atoms with Gasteiger partial charge in [0, 0.05) is 20.2 Å². The van der Waals surface area contributed by atoms with Crippen LogP contribution < -0.4 is 16.8 Å². The molecule has 0 radical (unpaired) electrons. The highest BCUT2D eigenvalue weighted by atomic mass is 16.2. The summed E-state index contributed by atoms with van der Waals surface area (Å²) in [5.41, 5.74) is -0.972. The number of H-pyrrole nitrogens is 1. The third kappa shape index (κ3) is 1.22. The van der Waals surface area contributed by atoms with Gasteiger partial charge in [-0.2, -0.15) is 0 Å². The van der Waals surface area contributed by atoms with Gasteiger partial charge in [-0.15, -0.1) is 0 Å². The highest BCUT2D eigenvalue weighted by Crippen LogP contribution is 1.98. The summed E-state index contributed by atoms with van der Waals surface area (Å²) in [6, 6.07) is 2.67. The monoisotopic (exact) mass is 207 g/mol. The molecule has 0 amide bonds. The summed E-state index contributed by atoms with van der Waals surface area (Å²) in [6.45, 7) is 0. The number of rotatable bonds is 0. The van der Waals surface area contributed by atoms with Crippen molar-refractivity contribution in [3.63, 3.8) is 0 Å². The molecule has 0 fully saturated rings. The van der Waals surface area contributed by atoms with Crippen LogP contribution in [-0.2, 0) is 14.1 Å². The highest BCUT2D eigenvalue weighted by Gasteiger charge is 2.07. The Morgan fingerprint density at radius 2 is 1.73 bits per heavy atom. The van der Waals surface area contributed by atoms with Gasteiger partial charge in [-0.1, -0.05) is 0 Å². The van der Waals surface area contributed by atoms with E-state index in [9.17, 15) is 14.4 Å². The first kappa shape index (κ1) is 9.45. The van der Waals surface area contributed by atoms with E-state index in [1.165, 1.54) is 30.8 Å². The third-order valence-electron chi connectivity index (χ3n) is 2.34. The lowest BCUT2D eigenvalue weighted by molar-refractivity contribution is 0.707. The van der Waals surface area contributed by atoms with Crippen molar-refractivity contribution < 1.29 is 0 Å². The van der Waals surface area contributed by atoms with Crippen LogP contribution in [0.5, 0.6) is 0 Å². The van der Waals surface area contributed by atoms with E-state index in [1.807, 2.05) is 0 Å². The molecule has 15 heavy (non-hydrogen) atoms. The smallest absolute Gasteiger partial charge is 0.308 e. The predicted octanol–water partition coefficient (Wildman–Crippen LogP) is -1.07. The van der Waals surface area contributed by atoms with Crippen LogP contribution in [0.25, 0.3) is 11.0 Å². The molecule has 0 aromatic carbocycles. The number of fused-ring (bicyclic) bond motifs is 1. The van der Waals surface area contributed by atoms with E-state index in [0.29, 0.717) is 5.39 Å². The van der Waals surface area contributed by atoms with Crippen LogP contribution in [0.2, 0.25) is 0 Å². The van der Waals surface area contributed by atoms with Gasteiger partial charge in [-0.3, -0.25) is 18.7 Å². The van der Waals surface area contributed by atoms with Crippen molar-refractivity contribution in [3.05, 3.63) is 43.3 Å².